The van der Waals surface area contributed by atoms with Gasteiger partial charge in [0, 0.05) is 17.0 Å². The lowest BCUT2D eigenvalue weighted by Crippen LogP contribution is -1.86. The van der Waals surface area contributed by atoms with Gasteiger partial charge in [-0.2, -0.15) is 0 Å². The Morgan fingerprint density at radius 2 is 2.08 bits per heavy atom. The molecule has 0 radical (unpaired) electrons. The Labute approximate surface area is 76.5 Å². The SMILES string of the molecule is O=S(O)c1ccc2[nH]c(O)cc2c1. The Balaban J connectivity index is 2.67. The summed E-state index contributed by atoms with van der Waals surface area (Å²) in [5.74, 6) is 0.0517. The molecule has 1 atom stereocenters. The number of hydrogen-bond acceptors (Lipinski definition) is 2. The summed E-state index contributed by atoms with van der Waals surface area (Å²) >= 11 is -1.97. The van der Waals surface area contributed by atoms with Gasteiger partial charge in [-0.25, -0.2) is 4.21 Å². The summed E-state index contributed by atoms with van der Waals surface area (Å²) in [5, 5.41) is 9.81. The fraction of sp³-hybridized carbons (Fsp3) is 0. The van der Waals surface area contributed by atoms with E-state index in [-0.39, 0.29) is 5.88 Å². The third kappa shape index (κ3) is 1.43. The number of rotatable bonds is 1. The van der Waals surface area contributed by atoms with Crippen molar-refractivity contribution >= 4 is 22.0 Å². The third-order valence-electron chi connectivity index (χ3n) is 1.78. The molecular formula is C8H7NO3S. The monoisotopic (exact) mass is 197 g/mol. The molecule has 0 aliphatic carbocycles. The van der Waals surface area contributed by atoms with Crippen LogP contribution in [0.3, 0.4) is 0 Å². The van der Waals surface area contributed by atoms with Gasteiger partial charge in [-0.1, -0.05) is 0 Å². The van der Waals surface area contributed by atoms with E-state index in [0.29, 0.717) is 4.90 Å². The molecule has 3 N–H and O–H groups in total. The minimum absolute atomic E-state index is 0.0517. The lowest BCUT2D eigenvalue weighted by molar-refractivity contribution is 0.458. The number of fused-ring (bicyclic) bond motifs is 1. The first-order chi connectivity index (χ1) is 6.16. The molecular weight excluding hydrogens is 190 g/mol. The lowest BCUT2D eigenvalue weighted by atomic mass is 10.2. The molecule has 2 aromatic rings. The highest BCUT2D eigenvalue weighted by molar-refractivity contribution is 7.79. The van der Waals surface area contributed by atoms with Crippen LogP contribution in [0.2, 0.25) is 0 Å². The number of hydrogen-bond donors (Lipinski definition) is 3. The van der Waals surface area contributed by atoms with Crippen LogP contribution in [-0.2, 0) is 11.1 Å². The second-order valence-corrected chi connectivity index (χ2v) is 3.62. The minimum atomic E-state index is -1.97. The van der Waals surface area contributed by atoms with E-state index >= 15 is 0 Å². The summed E-state index contributed by atoms with van der Waals surface area (Å²) in [7, 11) is 0. The fourth-order valence-corrected chi connectivity index (χ4v) is 1.62. The first-order valence-electron chi connectivity index (χ1n) is 3.59. The molecule has 1 heterocycles. The van der Waals surface area contributed by atoms with Crippen LogP contribution in [-0.4, -0.2) is 18.9 Å². The number of nitrogens with one attached hydrogen (secondary N) is 1. The number of aromatic hydroxyl groups is 1. The topological polar surface area (TPSA) is 73.3 Å². The van der Waals surface area contributed by atoms with Gasteiger partial charge in [-0.15, -0.1) is 0 Å². The zero-order chi connectivity index (χ0) is 9.42. The van der Waals surface area contributed by atoms with Crippen LogP contribution in [0.5, 0.6) is 5.88 Å². The molecule has 2 rings (SSSR count). The highest BCUT2D eigenvalue weighted by Crippen LogP contribution is 2.21. The normalized spacial score (nSPS) is 13.3. The average molecular weight is 197 g/mol. The van der Waals surface area contributed by atoms with E-state index in [1.165, 1.54) is 12.1 Å². The van der Waals surface area contributed by atoms with E-state index in [1.54, 1.807) is 12.1 Å². The molecule has 0 fully saturated rings. The highest BCUT2D eigenvalue weighted by Gasteiger charge is 2.03. The molecule has 0 spiro atoms. The van der Waals surface area contributed by atoms with Gasteiger partial charge in [0.1, 0.15) is 0 Å². The van der Waals surface area contributed by atoms with Crippen molar-refractivity contribution in [2.75, 3.05) is 0 Å². The van der Waals surface area contributed by atoms with Gasteiger partial charge in [0.05, 0.1) is 4.90 Å². The van der Waals surface area contributed by atoms with Crippen molar-refractivity contribution in [1.29, 1.82) is 0 Å². The molecule has 0 saturated heterocycles. The van der Waals surface area contributed by atoms with Gasteiger partial charge in [0.25, 0.3) is 0 Å². The zero-order valence-electron chi connectivity index (χ0n) is 6.52. The van der Waals surface area contributed by atoms with E-state index in [2.05, 4.69) is 4.98 Å². The van der Waals surface area contributed by atoms with Crippen LogP contribution in [0.1, 0.15) is 0 Å². The Morgan fingerprint density at radius 1 is 1.31 bits per heavy atom. The Hall–Kier alpha value is -1.33. The molecule has 0 aliphatic heterocycles. The quantitative estimate of drug-likeness (QED) is 0.606. The van der Waals surface area contributed by atoms with Crippen LogP contribution >= 0.6 is 0 Å². The summed E-state index contributed by atoms with van der Waals surface area (Å²) in [4.78, 5) is 3.03. The number of benzene rings is 1. The highest BCUT2D eigenvalue weighted by atomic mass is 32.2. The molecule has 0 bridgehead atoms. The molecule has 13 heavy (non-hydrogen) atoms. The zero-order valence-corrected chi connectivity index (χ0v) is 7.34. The molecule has 1 aromatic heterocycles. The molecule has 1 aromatic carbocycles. The summed E-state index contributed by atoms with van der Waals surface area (Å²) in [6, 6.07) is 6.25. The van der Waals surface area contributed by atoms with E-state index in [0.717, 1.165) is 10.9 Å². The first-order valence-corrected chi connectivity index (χ1v) is 4.70. The van der Waals surface area contributed by atoms with Crippen LogP contribution in [0.4, 0.5) is 0 Å². The predicted octanol–water partition coefficient (Wildman–Crippen LogP) is 1.45. The Morgan fingerprint density at radius 3 is 2.77 bits per heavy atom. The van der Waals surface area contributed by atoms with Gasteiger partial charge in [0.2, 0.25) is 0 Å². The van der Waals surface area contributed by atoms with Gasteiger partial charge in [0.15, 0.2) is 17.0 Å². The third-order valence-corrected chi connectivity index (χ3v) is 2.44. The van der Waals surface area contributed by atoms with E-state index < -0.39 is 11.1 Å². The number of H-pyrrole nitrogens is 1. The summed E-state index contributed by atoms with van der Waals surface area (Å²) < 4.78 is 19.5. The molecule has 1 unspecified atom stereocenters. The maximum absolute atomic E-state index is 10.7. The van der Waals surface area contributed by atoms with Crippen molar-refractivity contribution in [3.8, 4) is 5.88 Å². The largest absolute Gasteiger partial charge is 0.495 e. The molecule has 68 valence electrons. The number of aromatic nitrogens is 1. The number of aromatic amines is 1. The first kappa shape index (κ1) is 8.28. The predicted molar refractivity (Wildman–Crippen MR) is 49.0 cm³/mol. The van der Waals surface area contributed by atoms with E-state index in [9.17, 15) is 4.21 Å². The van der Waals surface area contributed by atoms with Crippen LogP contribution in [0, 0.1) is 0 Å². The van der Waals surface area contributed by atoms with Crippen molar-refractivity contribution in [1.82, 2.24) is 4.98 Å². The molecule has 0 saturated carbocycles. The van der Waals surface area contributed by atoms with Crippen LogP contribution in [0.25, 0.3) is 10.9 Å². The van der Waals surface area contributed by atoms with Gasteiger partial charge >= 0.3 is 0 Å². The second-order valence-electron chi connectivity index (χ2n) is 2.65. The maximum Gasteiger partial charge on any atom is 0.189 e. The Bertz CT molecular complexity index is 477. The van der Waals surface area contributed by atoms with Crippen molar-refractivity contribution in [3.05, 3.63) is 24.3 Å². The van der Waals surface area contributed by atoms with E-state index in [1.807, 2.05) is 0 Å². The van der Waals surface area contributed by atoms with Gasteiger partial charge in [-0.3, -0.25) is 0 Å². The molecule has 0 aliphatic rings. The minimum Gasteiger partial charge on any atom is -0.495 e. The second kappa shape index (κ2) is 2.86. The summed E-state index contributed by atoms with van der Waals surface area (Å²) in [6.45, 7) is 0. The molecule has 4 nitrogen and oxygen atoms in total. The van der Waals surface area contributed by atoms with Gasteiger partial charge in [-0.05, 0) is 18.2 Å². The van der Waals surface area contributed by atoms with Crippen molar-refractivity contribution < 1.29 is 13.9 Å². The van der Waals surface area contributed by atoms with E-state index in [4.69, 9.17) is 9.66 Å². The average Bonchev–Trinajstić information content (AvgIpc) is 2.42. The summed E-state index contributed by atoms with van der Waals surface area (Å²) in [6.07, 6.45) is 0. The van der Waals surface area contributed by atoms with Crippen molar-refractivity contribution in [2.24, 2.45) is 0 Å². The van der Waals surface area contributed by atoms with Crippen LogP contribution in [0.15, 0.2) is 29.2 Å². The standard InChI is InChI=1S/C8H7NO3S/c10-8-4-5-3-6(13(11)12)1-2-7(5)9-8/h1-4,9-10H,(H,11,12). The van der Waals surface area contributed by atoms with Gasteiger partial charge < -0.3 is 14.6 Å². The molecule has 5 heteroatoms. The maximum atomic E-state index is 10.7. The smallest absolute Gasteiger partial charge is 0.189 e. The molecule has 0 amide bonds. The van der Waals surface area contributed by atoms with Crippen molar-refractivity contribution in [2.45, 2.75) is 4.90 Å². The fourth-order valence-electron chi connectivity index (χ4n) is 1.20. The van der Waals surface area contributed by atoms with Crippen molar-refractivity contribution in [3.63, 3.8) is 0 Å². The Kier molecular flexibility index (Phi) is 1.82. The van der Waals surface area contributed by atoms with Crippen LogP contribution < -0.4 is 0 Å². The lowest BCUT2D eigenvalue weighted by Gasteiger charge is -1.93. The summed E-state index contributed by atoms with van der Waals surface area (Å²) in [5.41, 5.74) is 0.742.